The minimum atomic E-state index is -0.0922. The molecule has 0 radical (unpaired) electrons. The molecular weight excluding hydrogens is 174 g/mol. The normalized spacial score (nSPS) is 10.8. The van der Waals surface area contributed by atoms with E-state index in [0.717, 1.165) is 0 Å². The predicted molar refractivity (Wildman–Crippen MR) is 57.2 cm³/mol. The van der Waals surface area contributed by atoms with Gasteiger partial charge in [-0.15, -0.1) is 0 Å². The summed E-state index contributed by atoms with van der Waals surface area (Å²) >= 11 is 0. The first-order valence-corrected chi connectivity index (χ1v) is 4.67. The summed E-state index contributed by atoms with van der Waals surface area (Å²) in [7, 11) is 0. The predicted octanol–water partition coefficient (Wildman–Crippen LogP) is 2.61. The van der Waals surface area contributed by atoms with Crippen molar-refractivity contribution in [1.82, 2.24) is 0 Å². The van der Waals surface area contributed by atoms with Crippen molar-refractivity contribution in [1.29, 1.82) is 0 Å². The minimum Gasteiger partial charge on any atom is -0.211 e. The highest BCUT2D eigenvalue weighted by Gasteiger charge is 2.19. The molecule has 2 heteroatoms. The molecule has 0 saturated heterocycles. The van der Waals surface area contributed by atoms with Gasteiger partial charge in [0.05, 0.1) is 6.54 Å². The second-order valence-electron chi connectivity index (χ2n) is 4.16. The Kier molecular flexibility index (Phi) is 3.21. The molecule has 0 aliphatic heterocycles. The van der Waals surface area contributed by atoms with Gasteiger partial charge in [0.25, 0.3) is 0 Å². The fraction of sp³-hybridized carbons (Fsp3) is 0.417. The molecule has 0 amide bonds. The molecule has 0 spiro atoms. The first kappa shape index (κ1) is 10.7. The summed E-state index contributed by atoms with van der Waals surface area (Å²) in [5, 5.41) is 0. The van der Waals surface area contributed by atoms with Crippen LogP contribution in [0.15, 0.2) is 29.3 Å². The zero-order valence-electron chi connectivity index (χ0n) is 8.87. The lowest BCUT2D eigenvalue weighted by atomic mass is 9.84. The van der Waals surface area contributed by atoms with Crippen LogP contribution in [-0.4, -0.2) is 12.6 Å². The summed E-state index contributed by atoms with van der Waals surface area (Å²) in [6.45, 7) is 6.68. The molecule has 0 N–H and O–H groups in total. The fourth-order valence-corrected chi connectivity index (χ4v) is 1.33. The van der Waals surface area contributed by atoms with Gasteiger partial charge in [-0.3, -0.25) is 0 Å². The van der Waals surface area contributed by atoms with Gasteiger partial charge < -0.3 is 0 Å². The lowest BCUT2D eigenvalue weighted by Gasteiger charge is -2.22. The first-order valence-electron chi connectivity index (χ1n) is 4.67. The number of isocyanates is 1. The molecule has 0 atom stereocenters. The summed E-state index contributed by atoms with van der Waals surface area (Å²) in [5.41, 5.74) is 2.34. The van der Waals surface area contributed by atoms with Crippen LogP contribution in [0.1, 0.15) is 25.0 Å². The van der Waals surface area contributed by atoms with Gasteiger partial charge in [-0.25, -0.2) is 9.79 Å². The Morgan fingerprint density at radius 2 is 1.86 bits per heavy atom. The Morgan fingerprint density at radius 3 is 2.36 bits per heavy atom. The van der Waals surface area contributed by atoms with Crippen molar-refractivity contribution in [2.24, 2.45) is 4.99 Å². The van der Waals surface area contributed by atoms with E-state index in [-0.39, 0.29) is 5.41 Å². The second kappa shape index (κ2) is 4.21. The standard InChI is InChI=1S/C12H15NO/c1-10-4-6-11(7-5-10)12(2,3)8-13-9-14/h4-7H,8H2,1-3H3. The maximum Gasteiger partial charge on any atom is 0.234 e. The van der Waals surface area contributed by atoms with Crippen LogP contribution >= 0.6 is 0 Å². The second-order valence-corrected chi connectivity index (χ2v) is 4.16. The van der Waals surface area contributed by atoms with Gasteiger partial charge in [0.2, 0.25) is 6.08 Å². The molecule has 1 aromatic carbocycles. The molecule has 1 aromatic rings. The molecule has 0 bridgehead atoms. The Morgan fingerprint density at radius 1 is 1.29 bits per heavy atom. The summed E-state index contributed by atoms with van der Waals surface area (Å²) in [6.07, 6.45) is 1.58. The molecule has 74 valence electrons. The van der Waals surface area contributed by atoms with E-state index in [0.29, 0.717) is 6.54 Å². The van der Waals surface area contributed by atoms with Gasteiger partial charge in [-0.1, -0.05) is 43.7 Å². The summed E-state index contributed by atoms with van der Waals surface area (Å²) < 4.78 is 0. The zero-order valence-corrected chi connectivity index (χ0v) is 8.87. The Labute approximate surface area is 84.7 Å². The van der Waals surface area contributed by atoms with Crippen molar-refractivity contribution >= 4 is 6.08 Å². The van der Waals surface area contributed by atoms with Crippen molar-refractivity contribution < 1.29 is 4.79 Å². The van der Waals surface area contributed by atoms with Gasteiger partial charge in [-0.05, 0) is 12.5 Å². The third-order valence-corrected chi connectivity index (χ3v) is 2.37. The van der Waals surface area contributed by atoms with Crippen LogP contribution in [0.2, 0.25) is 0 Å². The van der Waals surface area contributed by atoms with Crippen LogP contribution in [0.3, 0.4) is 0 Å². The average molecular weight is 189 g/mol. The molecule has 1 rings (SSSR count). The molecule has 0 aliphatic rings. The van der Waals surface area contributed by atoms with Crippen molar-refractivity contribution in [3.05, 3.63) is 35.4 Å². The smallest absolute Gasteiger partial charge is 0.211 e. The van der Waals surface area contributed by atoms with E-state index in [1.807, 2.05) is 0 Å². The van der Waals surface area contributed by atoms with Gasteiger partial charge in [0.1, 0.15) is 0 Å². The van der Waals surface area contributed by atoms with E-state index in [4.69, 9.17) is 0 Å². The minimum absolute atomic E-state index is 0.0922. The van der Waals surface area contributed by atoms with Crippen LogP contribution in [-0.2, 0) is 10.2 Å². The monoisotopic (exact) mass is 189 g/mol. The van der Waals surface area contributed by atoms with Crippen LogP contribution in [0.4, 0.5) is 0 Å². The van der Waals surface area contributed by atoms with Crippen LogP contribution < -0.4 is 0 Å². The van der Waals surface area contributed by atoms with Gasteiger partial charge in [-0.2, -0.15) is 0 Å². The topological polar surface area (TPSA) is 29.4 Å². The summed E-state index contributed by atoms with van der Waals surface area (Å²) in [6, 6.07) is 8.30. The van der Waals surface area contributed by atoms with E-state index >= 15 is 0 Å². The highest BCUT2D eigenvalue weighted by molar-refractivity contribution is 5.34. The number of aliphatic imine (C=N–C) groups is 1. The van der Waals surface area contributed by atoms with E-state index in [1.165, 1.54) is 11.1 Å². The number of hydrogen-bond acceptors (Lipinski definition) is 2. The maximum absolute atomic E-state index is 10.0. The van der Waals surface area contributed by atoms with Crippen molar-refractivity contribution in [2.45, 2.75) is 26.2 Å². The molecule has 0 saturated carbocycles. The molecule has 14 heavy (non-hydrogen) atoms. The van der Waals surface area contributed by atoms with E-state index in [2.05, 4.69) is 50.0 Å². The number of hydrogen-bond donors (Lipinski definition) is 0. The lowest BCUT2D eigenvalue weighted by molar-refractivity contribution is 0.526. The summed E-state index contributed by atoms with van der Waals surface area (Å²) in [5.74, 6) is 0. The third kappa shape index (κ3) is 2.54. The number of rotatable bonds is 3. The molecule has 0 aromatic heterocycles. The molecule has 0 aliphatic carbocycles. The fourth-order valence-electron chi connectivity index (χ4n) is 1.33. The van der Waals surface area contributed by atoms with Gasteiger partial charge in [0.15, 0.2) is 0 Å². The van der Waals surface area contributed by atoms with E-state index in [1.54, 1.807) is 6.08 Å². The van der Waals surface area contributed by atoms with Crippen LogP contribution in [0, 0.1) is 6.92 Å². The number of aryl methyl sites for hydroxylation is 1. The Hall–Kier alpha value is -1.40. The SMILES string of the molecule is Cc1ccc(C(C)(C)CN=C=O)cc1. The van der Waals surface area contributed by atoms with Crippen molar-refractivity contribution in [3.63, 3.8) is 0 Å². The average Bonchev–Trinajstić information content (AvgIpc) is 2.16. The highest BCUT2D eigenvalue weighted by atomic mass is 16.1. The largest absolute Gasteiger partial charge is 0.234 e. The lowest BCUT2D eigenvalue weighted by Crippen LogP contribution is -2.20. The van der Waals surface area contributed by atoms with E-state index in [9.17, 15) is 4.79 Å². The molecule has 2 nitrogen and oxygen atoms in total. The third-order valence-electron chi connectivity index (χ3n) is 2.37. The van der Waals surface area contributed by atoms with Crippen molar-refractivity contribution in [2.75, 3.05) is 6.54 Å². The Balaban J connectivity index is 2.91. The highest BCUT2D eigenvalue weighted by Crippen LogP contribution is 2.23. The number of benzene rings is 1. The van der Waals surface area contributed by atoms with Crippen molar-refractivity contribution in [3.8, 4) is 0 Å². The van der Waals surface area contributed by atoms with Crippen LogP contribution in [0.25, 0.3) is 0 Å². The summed E-state index contributed by atoms with van der Waals surface area (Å²) in [4.78, 5) is 13.7. The number of nitrogens with zero attached hydrogens (tertiary/aromatic N) is 1. The van der Waals surface area contributed by atoms with Gasteiger partial charge in [0, 0.05) is 5.41 Å². The maximum atomic E-state index is 10.0. The van der Waals surface area contributed by atoms with Crippen LogP contribution in [0.5, 0.6) is 0 Å². The molecule has 0 fully saturated rings. The Bertz CT molecular complexity index is 345. The number of carbonyl (C=O) groups excluding carboxylic acids is 1. The zero-order chi connectivity index (χ0) is 10.6. The molecular formula is C12H15NO. The molecule has 0 unspecified atom stereocenters. The first-order chi connectivity index (χ1) is 6.56. The van der Waals surface area contributed by atoms with E-state index < -0.39 is 0 Å². The quantitative estimate of drug-likeness (QED) is 0.531. The van der Waals surface area contributed by atoms with Gasteiger partial charge >= 0.3 is 0 Å². The molecule has 0 heterocycles.